The SMILES string of the molecule is CCCC1CC(=O)N(Cc2cccc(C(=O)NN)c2)C1. The summed E-state index contributed by atoms with van der Waals surface area (Å²) in [5, 5.41) is 0. The Labute approximate surface area is 119 Å². The number of amides is 2. The molecule has 1 aliphatic rings. The highest BCUT2D eigenvalue weighted by Gasteiger charge is 2.28. The van der Waals surface area contributed by atoms with Crippen molar-refractivity contribution in [2.75, 3.05) is 6.54 Å². The number of nitrogens with zero attached hydrogens (tertiary/aromatic N) is 1. The second-order valence-corrected chi connectivity index (χ2v) is 5.31. The van der Waals surface area contributed by atoms with E-state index in [1.165, 1.54) is 0 Å². The van der Waals surface area contributed by atoms with Crippen LogP contribution in [0.5, 0.6) is 0 Å². The molecule has 2 rings (SSSR count). The maximum absolute atomic E-state index is 12.0. The average molecular weight is 275 g/mol. The molecule has 1 aliphatic heterocycles. The van der Waals surface area contributed by atoms with Crippen LogP contribution in [0.2, 0.25) is 0 Å². The molecule has 0 saturated carbocycles. The first kappa shape index (κ1) is 14.5. The van der Waals surface area contributed by atoms with Crippen LogP contribution in [-0.4, -0.2) is 23.3 Å². The molecule has 1 aromatic carbocycles. The number of carbonyl (C=O) groups is 2. The zero-order valence-electron chi connectivity index (χ0n) is 11.8. The Morgan fingerprint density at radius 2 is 2.30 bits per heavy atom. The molecule has 0 aromatic heterocycles. The van der Waals surface area contributed by atoms with E-state index in [2.05, 4.69) is 12.3 Å². The second kappa shape index (κ2) is 6.52. The lowest BCUT2D eigenvalue weighted by Gasteiger charge is -2.17. The van der Waals surface area contributed by atoms with Gasteiger partial charge in [-0.1, -0.05) is 25.5 Å². The van der Waals surface area contributed by atoms with Gasteiger partial charge in [0.15, 0.2) is 0 Å². The van der Waals surface area contributed by atoms with Crippen LogP contribution in [0.1, 0.15) is 42.1 Å². The third kappa shape index (κ3) is 3.36. The molecule has 3 N–H and O–H groups in total. The highest BCUT2D eigenvalue weighted by Crippen LogP contribution is 2.23. The molecule has 2 amide bonds. The van der Waals surface area contributed by atoms with Crippen molar-refractivity contribution in [3.63, 3.8) is 0 Å². The van der Waals surface area contributed by atoms with Crippen molar-refractivity contribution in [3.05, 3.63) is 35.4 Å². The van der Waals surface area contributed by atoms with E-state index in [0.29, 0.717) is 24.4 Å². The maximum Gasteiger partial charge on any atom is 0.265 e. The summed E-state index contributed by atoms with van der Waals surface area (Å²) in [5.74, 6) is 5.49. The Balaban J connectivity index is 2.03. The Hall–Kier alpha value is -1.88. The van der Waals surface area contributed by atoms with Gasteiger partial charge in [-0.2, -0.15) is 0 Å². The first-order valence-corrected chi connectivity index (χ1v) is 7.01. The minimum atomic E-state index is -0.316. The molecule has 0 radical (unpaired) electrons. The monoisotopic (exact) mass is 275 g/mol. The van der Waals surface area contributed by atoms with Gasteiger partial charge in [0.05, 0.1) is 0 Å². The minimum absolute atomic E-state index is 0.206. The van der Waals surface area contributed by atoms with Gasteiger partial charge in [-0.3, -0.25) is 15.0 Å². The van der Waals surface area contributed by atoms with E-state index < -0.39 is 0 Å². The zero-order chi connectivity index (χ0) is 14.5. The van der Waals surface area contributed by atoms with Crippen LogP contribution in [0.4, 0.5) is 0 Å². The molecule has 20 heavy (non-hydrogen) atoms. The van der Waals surface area contributed by atoms with Crippen molar-refractivity contribution in [3.8, 4) is 0 Å². The van der Waals surface area contributed by atoms with Crippen molar-refractivity contribution >= 4 is 11.8 Å². The molecule has 1 unspecified atom stereocenters. The quantitative estimate of drug-likeness (QED) is 0.485. The van der Waals surface area contributed by atoms with Gasteiger partial charge in [0, 0.05) is 25.1 Å². The molecule has 0 aliphatic carbocycles. The Morgan fingerprint density at radius 3 is 3.00 bits per heavy atom. The number of hydrazine groups is 1. The molecule has 1 aromatic rings. The Morgan fingerprint density at radius 1 is 1.50 bits per heavy atom. The molecule has 1 atom stereocenters. The van der Waals surface area contributed by atoms with E-state index in [1.807, 2.05) is 17.0 Å². The number of nitrogen functional groups attached to an aromatic ring is 1. The van der Waals surface area contributed by atoms with E-state index in [9.17, 15) is 9.59 Å². The molecule has 1 heterocycles. The molecule has 108 valence electrons. The lowest BCUT2D eigenvalue weighted by Crippen LogP contribution is -2.30. The maximum atomic E-state index is 12.0. The number of benzene rings is 1. The lowest BCUT2D eigenvalue weighted by atomic mass is 10.0. The second-order valence-electron chi connectivity index (χ2n) is 5.31. The van der Waals surface area contributed by atoms with Gasteiger partial charge < -0.3 is 4.90 Å². The van der Waals surface area contributed by atoms with Gasteiger partial charge in [-0.15, -0.1) is 0 Å². The van der Waals surface area contributed by atoms with Crippen LogP contribution < -0.4 is 11.3 Å². The molecular weight excluding hydrogens is 254 g/mol. The molecular formula is C15H21N3O2. The van der Waals surface area contributed by atoms with Crippen LogP contribution in [-0.2, 0) is 11.3 Å². The van der Waals surface area contributed by atoms with E-state index in [4.69, 9.17) is 5.84 Å². The Kier molecular flexibility index (Phi) is 4.74. The van der Waals surface area contributed by atoms with Gasteiger partial charge in [0.1, 0.15) is 0 Å². The fourth-order valence-corrected chi connectivity index (χ4v) is 2.72. The van der Waals surface area contributed by atoms with E-state index in [1.54, 1.807) is 12.1 Å². The normalized spacial score (nSPS) is 18.4. The zero-order valence-corrected chi connectivity index (χ0v) is 11.8. The minimum Gasteiger partial charge on any atom is -0.338 e. The van der Waals surface area contributed by atoms with Crippen molar-refractivity contribution in [1.82, 2.24) is 10.3 Å². The topological polar surface area (TPSA) is 75.4 Å². The molecule has 0 spiro atoms. The molecule has 1 saturated heterocycles. The highest BCUT2D eigenvalue weighted by molar-refractivity contribution is 5.93. The predicted molar refractivity (Wildman–Crippen MR) is 76.5 cm³/mol. The number of nitrogens with two attached hydrogens (primary N) is 1. The van der Waals surface area contributed by atoms with E-state index in [-0.39, 0.29) is 11.8 Å². The summed E-state index contributed by atoms with van der Waals surface area (Å²) in [6.45, 7) is 3.52. The van der Waals surface area contributed by atoms with Crippen molar-refractivity contribution < 1.29 is 9.59 Å². The van der Waals surface area contributed by atoms with Gasteiger partial charge in [0.2, 0.25) is 5.91 Å². The van der Waals surface area contributed by atoms with Crippen LogP contribution >= 0.6 is 0 Å². The Bertz CT molecular complexity index is 502. The highest BCUT2D eigenvalue weighted by atomic mass is 16.2. The predicted octanol–water partition coefficient (Wildman–Crippen LogP) is 1.44. The number of carbonyl (C=O) groups excluding carboxylic acids is 2. The van der Waals surface area contributed by atoms with Crippen LogP contribution in [0.25, 0.3) is 0 Å². The fraction of sp³-hybridized carbons (Fsp3) is 0.467. The third-order valence-electron chi connectivity index (χ3n) is 3.69. The summed E-state index contributed by atoms with van der Waals surface area (Å²) in [6, 6.07) is 7.22. The number of nitrogens with one attached hydrogen (secondary N) is 1. The molecule has 0 bridgehead atoms. The average Bonchev–Trinajstić information content (AvgIpc) is 2.79. The van der Waals surface area contributed by atoms with Crippen molar-refractivity contribution in [1.29, 1.82) is 0 Å². The van der Waals surface area contributed by atoms with Gasteiger partial charge >= 0.3 is 0 Å². The molecule has 1 fully saturated rings. The van der Waals surface area contributed by atoms with Crippen LogP contribution in [0.3, 0.4) is 0 Å². The summed E-state index contributed by atoms with van der Waals surface area (Å²) < 4.78 is 0. The number of likely N-dealkylation sites (tertiary alicyclic amines) is 1. The number of rotatable bonds is 5. The first-order valence-electron chi connectivity index (χ1n) is 7.01. The largest absolute Gasteiger partial charge is 0.338 e. The third-order valence-corrected chi connectivity index (χ3v) is 3.69. The summed E-state index contributed by atoms with van der Waals surface area (Å²) >= 11 is 0. The summed E-state index contributed by atoms with van der Waals surface area (Å²) in [4.78, 5) is 25.3. The van der Waals surface area contributed by atoms with Gasteiger partial charge in [-0.05, 0) is 30.0 Å². The van der Waals surface area contributed by atoms with Crippen molar-refractivity contribution in [2.45, 2.75) is 32.7 Å². The van der Waals surface area contributed by atoms with Crippen molar-refractivity contribution in [2.24, 2.45) is 11.8 Å². The van der Waals surface area contributed by atoms with E-state index in [0.717, 1.165) is 24.9 Å². The molecule has 5 nitrogen and oxygen atoms in total. The van der Waals surface area contributed by atoms with Gasteiger partial charge in [-0.25, -0.2) is 5.84 Å². The molecule has 5 heteroatoms. The summed E-state index contributed by atoms with van der Waals surface area (Å²) in [7, 11) is 0. The summed E-state index contributed by atoms with van der Waals surface area (Å²) in [6.07, 6.45) is 2.85. The summed E-state index contributed by atoms with van der Waals surface area (Å²) in [5.41, 5.74) is 3.59. The smallest absolute Gasteiger partial charge is 0.265 e. The van der Waals surface area contributed by atoms with Gasteiger partial charge in [0.25, 0.3) is 5.91 Å². The first-order chi connectivity index (χ1) is 9.63. The lowest BCUT2D eigenvalue weighted by molar-refractivity contribution is -0.128. The fourth-order valence-electron chi connectivity index (χ4n) is 2.72. The number of hydrogen-bond acceptors (Lipinski definition) is 3. The van der Waals surface area contributed by atoms with E-state index >= 15 is 0 Å². The van der Waals surface area contributed by atoms with Crippen LogP contribution in [0.15, 0.2) is 24.3 Å². The number of hydrogen-bond donors (Lipinski definition) is 2. The van der Waals surface area contributed by atoms with Crippen LogP contribution in [0, 0.1) is 5.92 Å². The standard InChI is InChI=1S/C15H21N3O2/c1-2-4-11-8-14(19)18(9-11)10-12-5-3-6-13(7-12)15(20)17-16/h3,5-7,11H,2,4,8-10,16H2,1H3,(H,17,20).